The number of carbonyl (C=O) groups is 1. The fraction of sp³-hybridized carbons (Fsp3) is 0.520. The van der Waals surface area contributed by atoms with Crippen molar-refractivity contribution in [1.29, 1.82) is 0 Å². The van der Waals surface area contributed by atoms with E-state index in [2.05, 4.69) is 60.6 Å². The normalized spacial score (nSPS) is 17.6. The van der Waals surface area contributed by atoms with Crippen molar-refractivity contribution in [2.24, 2.45) is 5.92 Å². The van der Waals surface area contributed by atoms with Crippen LogP contribution in [0.1, 0.15) is 48.2 Å². The quantitative estimate of drug-likeness (QED) is 0.529. The standard InChI is InChI=1S/C25H32N6O2/c32-24(22-21-23(31-13-4-5-14-31)27-18-28-25(21)33-29-22)26-11-6-12-30-15-9-20(10-16-30)17-19-7-2-1-3-8-19/h1-3,7-8,18,20H,4-6,9-17H2,(H,26,32). The zero-order valence-electron chi connectivity index (χ0n) is 19.1. The Hall–Kier alpha value is -3.00. The monoisotopic (exact) mass is 448 g/mol. The van der Waals surface area contributed by atoms with Gasteiger partial charge in [0.2, 0.25) is 0 Å². The molecule has 2 aliphatic heterocycles. The van der Waals surface area contributed by atoms with E-state index in [0.29, 0.717) is 17.6 Å². The van der Waals surface area contributed by atoms with E-state index >= 15 is 0 Å². The van der Waals surface area contributed by atoms with Crippen molar-refractivity contribution >= 4 is 22.8 Å². The molecule has 5 rings (SSSR count). The molecule has 174 valence electrons. The lowest BCUT2D eigenvalue weighted by molar-refractivity contribution is 0.0943. The number of benzene rings is 1. The predicted molar refractivity (Wildman–Crippen MR) is 127 cm³/mol. The molecule has 2 fully saturated rings. The largest absolute Gasteiger partial charge is 0.356 e. The van der Waals surface area contributed by atoms with E-state index in [1.807, 2.05) is 0 Å². The van der Waals surface area contributed by atoms with Crippen molar-refractivity contribution in [2.45, 2.75) is 38.5 Å². The van der Waals surface area contributed by atoms with Gasteiger partial charge in [0.15, 0.2) is 5.69 Å². The molecule has 0 spiro atoms. The fourth-order valence-electron chi connectivity index (χ4n) is 5.05. The highest BCUT2D eigenvalue weighted by molar-refractivity contribution is 6.07. The highest BCUT2D eigenvalue weighted by Gasteiger charge is 2.25. The molecule has 2 aliphatic rings. The van der Waals surface area contributed by atoms with E-state index < -0.39 is 0 Å². The lowest BCUT2D eigenvalue weighted by Crippen LogP contribution is -2.36. The molecule has 0 unspecified atom stereocenters. The van der Waals surface area contributed by atoms with E-state index in [9.17, 15) is 4.79 Å². The van der Waals surface area contributed by atoms with Crippen LogP contribution in [0.15, 0.2) is 41.2 Å². The maximum atomic E-state index is 12.8. The minimum Gasteiger partial charge on any atom is -0.356 e. The van der Waals surface area contributed by atoms with Gasteiger partial charge in [-0.05, 0) is 69.6 Å². The minimum atomic E-state index is -0.217. The average Bonchev–Trinajstić information content (AvgIpc) is 3.54. The Balaban J connectivity index is 1.08. The summed E-state index contributed by atoms with van der Waals surface area (Å²) in [4.78, 5) is 26.1. The van der Waals surface area contributed by atoms with Gasteiger partial charge in [0.05, 0.1) is 0 Å². The van der Waals surface area contributed by atoms with E-state index in [4.69, 9.17) is 4.52 Å². The minimum absolute atomic E-state index is 0.217. The van der Waals surface area contributed by atoms with E-state index in [0.717, 1.165) is 63.7 Å². The fourth-order valence-corrected chi connectivity index (χ4v) is 5.05. The van der Waals surface area contributed by atoms with Gasteiger partial charge in [0, 0.05) is 19.6 Å². The molecule has 1 aromatic carbocycles. The molecule has 0 radical (unpaired) electrons. The number of fused-ring (bicyclic) bond motifs is 1. The zero-order valence-corrected chi connectivity index (χ0v) is 19.1. The molecule has 2 aromatic heterocycles. The molecule has 4 heterocycles. The van der Waals surface area contributed by atoms with Gasteiger partial charge in [-0.1, -0.05) is 35.5 Å². The maximum Gasteiger partial charge on any atom is 0.274 e. The lowest BCUT2D eigenvalue weighted by atomic mass is 9.90. The summed E-state index contributed by atoms with van der Waals surface area (Å²) < 4.78 is 5.33. The summed E-state index contributed by atoms with van der Waals surface area (Å²) in [5, 5.41) is 7.65. The Bertz CT molecular complexity index is 1060. The lowest BCUT2D eigenvalue weighted by Gasteiger charge is -2.32. The molecular formula is C25H32N6O2. The Labute approximate surface area is 194 Å². The summed E-state index contributed by atoms with van der Waals surface area (Å²) in [5.41, 5.74) is 2.10. The third-order valence-electron chi connectivity index (χ3n) is 6.88. The maximum absolute atomic E-state index is 12.8. The molecule has 0 bridgehead atoms. The molecule has 0 saturated carbocycles. The molecule has 3 aromatic rings. The van der Waals surface area contributed by atoms with Crippen molar-refractivity contribution in [1.82, 2.24) is 25.3 Å². The number of aromatic nitrogens is 3. The Morgan fingerprint density at radius 2 is 1.85 bits per heavy atom. The molecule has 1 N–H and O–H groups in total. The molecule has 8 heteroatoms. The van der Waals surface area contributed by atoms with Gasteiger partial charge in [0.25, 0.3) is 11.6 Å². The summed E-state index contributed by atoms with van der Waals surface area (Å²) >= 11 is 0. The van der Waals surface area contributed by atoms with Crippen LogP contribution < -0.4 is 10.2 Å². The zero-order chi connectivity index (χ0) is 22.5. The van der Waals surface area contributed by atoms with Gasteiger partial charge in [0.1, 0.15) is 17.5 Å². The number of rotatable bonds is 8. The van der Waals surface area contributed by atoms with Gasteiger partial charge in [-0.15, -0.1) is 0 Å². The van der Waals surface area contributed by atoms with Gasteiger partial charge in [-0.25, -0.2) is 4.98 Å². The number of amides is 1. The van der Waals surface area contributed by atoms with Gasteiger partial charge in [-0.3, -0.25) is 4.79 Å². The SMILES string of the molecule is O=C(NCCCN1CCC(Cc2ccccc2)CC1)c1noc2ncnc(N3CCCC3)c12. The number of anilines is 1. The van der Waals surface area contributed by atoms with Crippen LogP contribution in [0.25, 0.3) is 11.1 Å². The van der Waals surface area contributed by atoms with Gasteiger partial charge in [-0.2, -0.15) is 4.98 Å². The summed E-state index contributed by atoms with van der Waals surface area (Å²) in [6.45, 7) is 5.75. The highest BCUT2D eigenvalue weighted by atomic mass is 16.5. The first kappa shape index (κ1) is 21.8. The van der Waals surface area contributed by atoms with Crippen molar-refractivity contribution in [2.75, 3.05) is 44.2 Å². The number of nitrogens with one attached hydrogen (secondary N) is 1. The van der Waals surface area contributed by atoms with Crippen LogP contribution in [0.5, 0.6) is 0 Å². The molecule has 1 amide bonds. The predicted octanol–water partition coefficient (Wildman–Crippen LogP) is 3.29. The Morgan fingerprint density at radius 1 is 1.06 bits per heavy atom. The van der Waals surface area contributed by atoms with Crippen LogP contribution in [0.3, 0.4) is 0 Å². The van der Waals surface area contributed by atoms with E-state index in [-0.39, 0.29) is 11.6 Å². The number of carbonyl (C=O) groups excluding carboxylic acids is 1. The molecule has 0 aliphatic carbocycles. The molecular weight excluding hydrogens is 416 g/mol. The first-order chi connectivity index (χ1) is 16.3. The smallest absolute Gasteiger partial charge is 0.274 e. The molecule has 2 saturated heterocycles. The molecule has 0 atom stereocenters. The topological polar surface area (TPSA) is 87.4 Å². The number of nitrogens with zero attached hydrogens (tertiary/aromatic N) is 5. The van der Waals surface area contributed by atoms with Crippen LogP contribution in [0.2, 0.25) is 0 Å². The first-order valence-corrected chi connectivity index (χ1v) is 12.2. The van der Waals surface area contributed by atoms with Crippen molar-refractivity contribution in [3.8, 4) is 0 Å². The summed E-state index contributed by atoms with van der Waals surface area (Å²) in [5.74, 6) is 1.31. The van der Waals surface area contributed by atoms with E-state index in [1.54, 1.807) is 0 Å². The summed E-state index contributed by atoms with van der Waals surface area (Å²) in [6.07, 6.45) is 8.31. The second-order valence-corrected chi connectivity index (χ2v) is 9.19. The average molecular weight is 449 g/mol. The van der Waals surface area contributed by atoms with Crippen molar-refractivity contribution in [3.05, 3.63) is 47.9 Å². The second-order valence-electron chi connectivity index (χ2n) is 9.19. The summed E-state index contributed by atoms with van der Waals surface area (Å²) in [6, 6.07) is 10.8. The number of piperidine rings is 1. The Kier molecular flexibility index (Phi) is 6.81. The number of hydrogen-bond acceptors (Lipinski definition) is 7. The highest BCUT2D eigenvalue weighted by Crippen LogP contribution is 2.28. The second kappa shape index (κ2) is 10.3. The van der Waals surface area contributed by atoms with Crippen LogP contribution in [0, 0.1) is 5.92 Å². The third kappa shape index (κ3) is 5.16. The molecule has 33 heavy (non-hydrogen) atoms. The van der Waals surface area contributed by atoms with Gasteiger partial charge >= 0.3 is 0 Å². The number of hydrogen-bond donors (Lipinski definition) is 1. The van der Waals surface area contributed by atoms with Crippen LogP contribution >= 0.6 is 0 Å². The van der Waals surface area contributed by atoms with Crippen LogP contribution in [-0.4, -0.2) is 65.2 Å². The van der Waals surface area contributed by atoms with Crippen molar-refractivity contribution in [3.63, 3.8) is 0 Å². The van der Waals surface area contributed by atoms with Gasteiger partial charge < -0.3 is 19.6 Å². The molecule has 8 nitrogen and oxygen atoms in total. The van der Waals surface area contributed by atoms with Crippen LogP contribution in [0.4, 0.5) is 5.82 Å². The third-order valence-corrected chi connectivity index (χ3v) is 6.88. The van der Waals surface area contributed by atoms with E-state index in [1.165, 1.54) is 31.2 Å². The number of likely N-dealkylation sites (tertiary alicyclic amines) is 1. The van der Waals surface area contributed by atoms with Crippen molar-refractivity contribution < 1.29 is 9.32 Å². The Morgan fingerprint density at radius 3 is 2.64 bits per heavy atom. The van der Waals surface area contributed by atoms with Crippen LogP contribution in [-0.2, 0) is 6.42 Å². The first-order valence-electron chi connectivity index (χ1n) is 12.2. The summed E-state index contributed by atoms with van der Waals surface area (Å²) in [7, 11) is 0.